The fourth-order valence-corrected chi connectivity index (χ4v) is 3.19. The molecule has 114 valence electrons. The third-order valence-electron chi connectivity index (χ3n) is 4.88. The van der Waals surface area contributed by atoms with Crippen molar-refractivity contribution in [3.8, 4) is 0 Å². The highest BCUT2D eigenvalue weighted by Gasteiger charge is 2.36. The minimum atomic E-state index is -0.183. The summed E-state index contributed by atoms with van der Waals surface area (Å²) in [5, 5.41) is 0. The standard InChI is InChI=1S/C15H32N2O2/c1-12-7-6-8-13(9-12)17(3)15(2,11-16)10-14(18-4)19-5/h12-14H,6-11,16H2,1-5H3. The minimum absolute atomic E-state index is 0.0710. The van der Waals surface area contributed by atoms with E-state index in [0.29, 0.717) is 12.6 Å². The first-order chi connectivity index (χ1) is 8.96. The number of hydrogen-bond donors (Lipinski definition) is 1. The number of methoxy groups -OCH3 is 2. The lowest BCUT2D eigenvalue weighted by Crippen LogP contribution is -2.56. The Kier molecular flexibility index (Phi) is 6.74. The molecule has 0 aromatic carbocycles. The van der Waals surface area contributed by atoms with E-state index >= 15 is 0 Å². The van der Waals surface area contributed by atoms with Crippen LogP contribution in [0.3, 0.4) is 0 Å². The van der Waals surface area contributed by atoms with Crippen molar-refractivity contribution in [1.29, 1.82) is 0 Å². The molecule has 19 heavy (non-hydrogen) atoms. The number of nitrogens with two attached hydrogens (primary N) is 1. The summed E-state index contributed by atoms with van der Waals surface area (Å²) in [4.78, 5) is 2.47. The third kappa shape index (κ3) is 4.42. The van der Waals surface area contributed by atoms with Crippen molar-refractivity contribution in [3.05, 3.63) is 0 Å². The maximum absolute atomic E-state index is 6.05. The molecule has 3 atom stereocenters. The van der Waals surface area contributed by atoms with E-state index in [2.05, 4.69) is 25.8 Å². The highest BCUT2D eigenvalue weighted by atomic mass is 16.7. The molecule has 0 bridgehead atoms. The molecule has 1 fully saturated rings. The van der Waals surface area contributed by atoms with Crippen LogP contribution in [0.15, 0.2) is 0 Å². The second-order valence-electron chi connectivity index (χ2n) is 6.34. The fraction of sp³-hybridized carbons (Fsp3) is 1.00. The van der Waals surface area contributed by atoms with Gasteiger partial charge in [-0.3, -0.25) is 4.90 Å². The average Bonchev–Trinajstić information content (AvgIpc) is 2.43. The van der Waals surface area contributed by atoms with Gasteiger partial charge in [-0.05, 0) is 32.7 Å². The Hall–Kier alpha value is -0.160. The van der Waals surface area contributed by atoms with Crippen molar-refractivity contribution in [1.82, 2.24) is 4.90 Å². The summed E-state index contributed by atoms with van der Waals surface area (Å²) in [6, 6.07) is 0.631. The largest absolute Gasteiger partial charge is 0.356 e. The van der Waals surface area contributed by atoms with Crippen LogP contribution in [0.25, 0.3) is 0 Å². The molecule has 1 aliphatic rings. The quantitative estimate of drug-likeness (QED) is 0.722. The summed E-state index contributed by atoms with van der Waals surface area (Å²) in [7, 11) is 5.58. The molecule has 4 heteroatoms. The Labute approximate surface area is 118 Å². The zero-order chi connectivity index (χ0) is 14.5. The molecule has 0 amide bonds. The maximum atomic E-state index is 6.05. The van der Waals surface area contributed by atoms with E-state index in [4.69, 9.17) is 15.2 Å². The SMILES string of the molecule is COC(CC(C)(CN)N(C)C1CCCC(C)C1)OC. The van der Waals surface area contributed by atoms with Crippen molar-refractivity contribution in [2.75, 3.05) is 27.8 Å². The van der Waals surface area contributed by atoms with Crippen molar-refractivity contribution in [2.24, 2.45) is 11.7 Å². The molecule has 1 saturated carbocycles. The summed E-state index contributed by atoms with van der Waals surface area (Å²) >= 11 is 0. The number of hydrogen-bond acceptors (Lipinski definition) is 4. The minimum Gasteiger partial charge on any atom is -0.356 e. The van der Waals surface area contributed by atoms with E-state index in [-0.39, 0.29) is 11.8 Å². The number of likely N-dealkylation sites (N-methyl/N-ethyl adjacent to an activating group) is 1. The van der Waals surface area contributed by atoms with Gasteiger partial charge in [-0.1, -0.05) is 19.8 Å². The van der Waals surface area contributed by atoms with Gasteiger partial charge in [0.05, 0.1) is 0 Å². The van der Waals surface area contributed by atoms with Gasteiger partial charge in [-0.25, -0.2) is 0 Å². The van der Waals surface area contributed by atoms with E-state index in [1.54, 1.807) is 14.2 Å². The molecule has 0 aromatic heterocycles. The molecule has 0 aromatic rings. The molecule has 3 unspecified atom stereocenters. The zero-order valence-electron chi connectivity index (χ0n) is 13.3. The first kappa shape index (κ1) is 16.9. The smallest absolute Gasteiger partial charge is 0.158 e. The predicted octanol–water partition coefficient (Wildman–Crippen LogP) is 2.22. The van der Waals surface area contributed by atoms with Gasteiger partial charge in [0.25, 0.3) is 0 Å². The molecule has 0 aliphatic heterocycles. The van der Waals surface area contributed by atoms with Crippen LogP contribution in [0.2, 0.25) is 0 Å². The number of nitrogens with zero attached hydrogens (tertiary/aromatic N) is 1. The lowest BCUT2D eigenvalue weighted by Gasteiger charge is -2.46. The lowest BCUT2D eigenvalue weighted by molar-refractivity contribution is -0.131. The van der Waals surface area contributed by atoms with Gasteiger partial charge in [0.15, 0.2) is 6.29 Å². The average molecular weight is 272 g/mol. The van der Waals surface area contributed by atoms with E-state index in [1.807, 2.05) is 0 Å². The predicted molar refractivity (Wildman–Crippen MR) is 79.1 cm³/mol. The Bertz CT molecular complexity index is 259. The van der Waals surface area contributed by atoms with E-state index in [0.717, 1.165) is 12.3 Å². The Morgan fingerprint density at radius 1 is 1.32 bits per heavy atom. The van der Waals surface area contributed by atoms with Gasteiger partial charge in [-0.15, -0.1) is 0 Å². The first-order valence-electron chi connectivity index (χ1n) is 7.45. The maximum Gasteiger partial charge on any atom is 0.158 e. The van der Waals surface area contributed by atoms with Crippen LogP contribution < -0.4 is 5.73 Å². The molecule has 1 aliphatic carbocycles. The molecule has 0 saturated heterocycles. The highest BCUT2D eigenvalue weighted by molar-refractivity contribution is 4.92. The fourth-order valence-electron chi connectivity index (χ4n) is 3.19. The van der Waals surface area contributed by atoms with E-state index < -0.39 is 0 Å². The van der Waals surface area contributed by atoms with Crippen molar-refractivity contribution < 1.29 is 9.47 Å². The van der Waals surface area contributed by atoms with E-state index in [1.165, 1.54) is 25.7 Å². The summed E-state index contributed by atoms with van der Waals surface area (Å²) in [6.07, 6.45) is 5.87. The van der Waals surface area contributed by atoms with Crippen molar-refractivity contribution >= 4 is 0 Å². The van der Waals surface area contributed by atoms with Crippen LogP contribution in [0.5, 0.6) is 0 Å². The molecular formula is C15H32N2O2. The van der Waals surface area contributed by atoms with Gasteiger partial charge in [-0.2, -0.15) is 0 Å². The lowest BCUT2D eigenvalue weighted by atomic mass is 9.83. The Morgan fingerprint density at radius 2 is 1.95 bits per heavy atom. The summed E-state index contributed by atoms with van der Waals surface area (Å²) in [6.45, 7) is 5.20. The molecule has 4 nitrogen and oxygen atoms in total. The molecule has 0 spiro atoms. The first-order valence-corrected chi connectivity index (χ1v) is 7.45. The summed E-state index contributed by atoms with van der Waals surface area (Å²) in [5.41, 5.74) is 5.98. The van der Waals surface area contributed by atoms with Crippen LogP contribution in [0, 0.1) is 5.92 Å². The molecule has 2 N–H and O–H groups in total. The van der Waals surface area contributed by atoms with Crippen LogP contribution in [0.1, 0.15) is 46.0 Å². The topological polar surface area (TPSA) is 47.7 Å². The van der Waals surface area contributed by atoms with Gasteiger partial charge >= 0.3 is 0 Å². The Balaban J connectivity index is 2.70. The normalized spacial score (nSPS) is 27.8. The second kappa shape index (κ2) is 7.58. The van der Waals surface area contributed by atoms with Crippen LogP contribution >= 0.6 is 0 Å². The number of rotatable bonds is 7. The van der Waals surface area contributed by atoms with Gasteiger partial charge in [0.1, 0.15) is 0 Å². The molecular weight excluding hydrogens is 240 g/mol. The molecule has 0 radical (unpaired) electrons. The van der Waals surface area contributed by atoms with Gasteiger partial charge in [0, 0.05) is 38.8 Å². The van der Waals surface area contributed by atoms with Crippen LogP contribution in [-0.4, -0.2) is 50.6 Å². The summed E-state index contributed by atoms with van der Waals surface area (Å²) < 4.78 is 10.7. The highest BCUT2D eigenvalue weighted by Crippen LogP contribution is 2.32. The van der Waals surface area contributed by atoms with Gasteiger partial charge in [0.2, 0.25) is 0 Å². The van der Waals surface area contributed by atoms with Crippen LogP contribution in [0.4, 0.5) is 0 Å². The molecule has 1 rings (SSSR count). The second-order valence-corrected chi connectivity index (χ2v) is 6.34. The van der Waals surface area contributed by atoms with Crippen molar-refractivity contribution in [3.63, 3.8) is 0 Å². The third-order valence-corrected chi connectivity index (χ3v) is 4.88. The monoisotopic (exact) mass is 272 g/mol. The van der Waals surface area contributed by atoms with Crippen molar-refractivity contribution in [2.45, 2.75) is 63.8 Å². The van der Waals surface area contributed by atoms with Gasteiger partial charge < -0.3 is 15.2 Å². The molecule has 0 heterocycles. The van der Waals surface area contributed by atoms with E-state index in [9.17, 15) is 0 Å². The summed E-state index contributed by atoms with van der Waals surface area (Å²) in [5.74, 6) is 0.823. The zero-order valence-corrected chi connectivity index (χ0v) is 13.3. The Morgan fingerprint density at radius 3 is 2.42 bits per heavy atom. The van der Waals surface area contributed by atoms with Crippen LogP contribution in [-0.2, 0) is 9.47 Å². The number of ether oxygens (including phenoxy) is 2.